The molecule has 0 unspecified atom stereocenters. The number of thiazole rings is 1. The van der Waals surface area contributed by atoms with Crippen LogP contribution < -0.4 is 4.90 Å². The minimum Gasteiger partial charge on any atom is -0.373 e. The maximum absolute atomic E-state index is 13.7. The van der Waals surface area contributed by atoms with Gasteiger partial charge in [0.2, 0.25) is 0 Å². The van der Waals surface area contributed by atoms with Crippen LogP contribution in [0.1, 0.15) is 72.7 Å². The summed E-state index contributed by atoms with van der Waals surface area (Å²) in [5.74, 6) is 1.25. The molecule has 2 saturated heterocycles. The van der Waals surface area contributed by atoms with E-state index in [1.807, 2.05) is 17.4 Å². The summed E-state index contributed by atoms with van der Waals surface area (Å²) in [4.78, 5) is 16.7. The quantitative estimate of drug-likeness (QED) is 0.251. The van der Waals surface area contributed by atoms with Crippen LogP contribution in [0.3, 0.4) is 0 Å². The Morgan fingerprint density at radius 2 is 1.95 bits per heavy atom. The highest BCUT2D eigenvalue weighted by Gasteiger charge is 2.36. The first-order chi connectivity index (χ1) is 18.9. The third-order valence-corrected chi connectivity index (χ3v) is 9.92. The van der Waals surface area contributed by atoms with E-state index < -0.39 is 11.7 Å². The molecule has 39 heavy (non-hydrogen) atoms. The molecule has 1 saturated carbocycles. The van der Waals surface area contributed by atoms with Crippen LogP contribution in [0.5, 0.6) is 0 Å². The topological polar surface area (TPSA) is 79.8 Å². The van der Waals surface area contributed by atoms with Crippen LogP contribution in [-0.2, 0) is 10.9 Å². The average molecular weight is 573 g/mol. The van der Waals surface area contributed by atoms with E-state index in [0.717, 1.165) is 53.0 Å². The molecule has 0 radical (unpaired) electrons. The third-order valence-electron chi connectivity index (χ3n) is 7.88. The number of thioether (sulfide) groups is 1. The lowest BCUT2D eigenvalue weighted by Gasteiger charge is -2.35. The predicted molar refractivity (Wildman–Crippen MR) is 145 cm³/mol. The van der Waals surface area contributed by atoms with Gasteiger partial charge in [-0.15, -0.1) is 11.3 Å². The van der Waals surface area contributed by atoms with Crippen LogP contribution in [0.25, 0.3) is 21.6 Å². The summed E-state index contributed by atoms with van der Waals surface area (Å²) >= 11 is 3.02. The molecule has 2 atom stereocenters. The minimum absolute atomic E-state index is 0.0372. The van der Waals surface area contributed by atoms with Gasteiger partial charge in [-0.05, 0) is 50.5 Å². The number of H-pyrrole nitrogens is 1. The van der Waals surface area contributed by atoms with Crippen molar-refractivity contribution >= 4 is 39.1 Å². The smallest absolute Gasteiger partial charge is 0.373 e. The Labute approximate surface area is 231 Å². The van der Waals surface area contributed by atoms with Crippen LogP contribution in [-0.4, -0.2) is 51.1 Å². The molecule has 3 aliphatic rings. The van der Waals surface area contributed by atoms with Gasteiger partial charge in [-0.1, -0.05) is 17.8 Å². The highest BCUT2D eigenvalue weighted by molar-refractivity contribution is 8.00. The number of nitrogens with zero attached hydrogens (tertiary/aromatic N) is 5. The zero-order valence-corrected chi connectivity index (χ0v) is 22.9. The van der Waals surface area contributed by atoms with E-state index in [4.69, 9.17) is 19.7 Å². The molecular weight excluding hydrogens is 545 g/mol. The molecule has 204 valence electrons. The van der Waals surface area contributed by atoms with Crippen molar-refractivity contribution in [2.75, 3.05) is 30.9 Å². The molecule has 1 aromatic carbocycles. The van der Waals surface area contributed by atoms with Gasteiger partial charge in [0.05, 0.1) is 23.6 Å². The van der Waals surface area contributed by atoms with Crippen LogP contribution in [0.4, 0.5) is 18.9 Å². The molecule has 4 aromatic rings. The van der Waals surface area contributed by atoms with Crippen molar-refractivity contribution in [2.45, 2.75) is 60.6 Å². The van der Waals surface area contributed by atoms with Crippen molar-refractivity contribution in [3.05, 3.63) is 47.0 Å². The molecule has 1 N–H and O–H groups in total. The van der Waals surface area contributed by atoms with Crippen LogP contribution in [0.2, 0.25) is 0 Å². The molecule has 5 heterocycles. The summed E-state index contributed by atoms with van der Waals surface area (Å²) in [7, 11) is 0. The number of rotatable bonds is 6. The highest BCUT2D eigenvalue weighted by Crippen LogP contribution is 2.47. The number of benzene rings is 1. The van der Waals surface area contributed by atoms with Crippen molar-refractivity contribution in [1.29, 1.82) is 0 Å². The number of alkyl halides is 3. The number of aromatic nitrogens is 5. The van der Waals surface area contributed by atoms with E-state index in [-0.39, 0.29) is 12.0 Å². The van der Waals surface area contributed by atoms with Gasteiger partial charge in [-0.2, -0.15) is 18.3 Å². The van der Waals surface area contributed by atoms with Gasteiger partial charge in [-0.3, -0.25) is 5.10 Å². The number of ether oxygens (including phenoxy) is 1. The van der Waals surface area contributed by atoms with Crippen molar-refractivity contribution < 1.29 is 17.9 Å². The normalized spacial score (nSPS) is 21.9. The lowest BCUT2D eigenvalue weighted by atomic mass is 9.90. The Balaban J connectivity index is 1.31. The number of hydrogen-bond acceptors (Lipinski definition) is 8. The van der Waals surface area contributed by atoms with Crippen LogP contribution in [0, 0.1) is 0 Å². The van der Waals surface area contributed by atoms with E-state index in [9.17, 15) is 13.2 Å². The molecule has 3 fully saturated rings. The highest BCUT2D eigenvalue weighted by atomic mass is 32.2. The number of aromatic amines is 1. The average Bonchev–Trinajstić information content (AvgIpc) is 3.46. The monoisotopic (exact) mass is 572 g/mol. The maximum Gasteiger partial charge on any atom is 0.416 e. The van der Waals surface area contributed by atoms with Gasteiger partial charge in [0.15, 0.2) is 9.99 Å². The third kappa shape index (κ3) is 4.70. The summed E-state index contributed by atoms with van der Waals surface area (Å²) in [5, 5.41) is 7.46. The van der Waals surface area contributed by atoms with Gasteiger partial charge < -0.3 is 9.64 Å². The van der Waals surface area contributed by atoms with E-state index in [2.05, 4.69) is 10.2 Å². The van der Waals surface area contributed by atoms with Crippen LogP contribution >= 0.6 is 23.1 Å². The fraction of sp³-hybridized carbons (Fsp3) is 0.481. The van der Waals surface area contributed by atoms with E-state index in [0.29, 0.717) is 40.9 Å². The number of halogens is 3. The first kappa shape index (κ1) is 25.3. The van der Waals surface area contributed by atoms with E-state index >= 15 is 0 Å². The van der Waals surface area contributed by atoms with Crippen molar-refractivity contribution in [1.82, 2.24) is 25.1 Å². The Morgan fingerprint density at radius 1 is 1.10 bits per heavy atom. The Bertz CT molecular complexity index is 1530. The first-order valence-corrected chi connectivity index (χ1v) is 15.3. The van der Waals surface area contributed by atoms with Gasteiger partial charge >= 0.3 is 6.18 Å². The predicted octanol–water partition coefficient (Wildman–Crippen LogP) is 6.94. The lowest BCUT2D eigenvalue weighted by Crippen LogP contribution is -2.37. The Hall–Kier alpha value is -2.70. The summed E-state index contributed by atoms with van der Waals surface area (Å²) in [6.07, 6.45) is 4.11. The zero-order chi connectivity index (χ0) is 26.7. The summed E-state index contributed by atoms with van der Waals surface area (Å²) in [6, 6.07) is 3.99. The minimum atomic E-state index is -4.41. The zero-order valence-electron chi connectivity index (χ0n) is 21.3. The summed E-state index contributed by atoms with van der Waals surface area (Å²) < 4.78 is 48.8. The van der Waals surface area contributed by atoms with E-state index in [1.165, 1.54) is 47.7 Å². The summed E-state index contributed by atoms with van der Waals surface area (Å²) in [5.41, 5.74) is 4.17. The second kappa shape index (κ2) is 9.74. The standard InChI is InChI=1S/C27H27F3N6OS2/c1-38-26-34-25-23(39-26)22(17-6-5-16(27(28,29)30)12-19(17)36-8-2-9-36)32-24(33-25)15-7-10-37-20(11-15)18-13-31-35-21(18)14-3-4-14/h5-6,12-15,20H,2-4,7-11H2,1H3,(H,31,35)/t15-,20+/m0/s1. The van der Waals surface area contributed by atoms with Gasteiger partial charge in [-0.25, -0.2) is 15.0 Å². The second-order valence-corrected chi connectivity index (χ2v) is 12.5. The second-order valence-electron chi connectivity index (χ2n) is 10.4. The number of fused-ring (bicyclic) bond motifs is 1. The molecule has 7 nitrogen and oxygen atoms in total. The molecule has 0 bridgehead atoms. The Morgan fingerprint density at radius 3 is 2.67 bits per heavy atom. The number of anilines is 1. The molecule has 3 aromatic heterocycles. The molecular formula is C27H27F3N6OS2. The molecule has 0 spiro atoms. The Kier molecular flexibility index (Phi) is 6.31. The molecule has 1 aliphatic carbocycles. The molecule has 0 amide bonds. The van der Waals surface area contributed by atoms with Crippen molar-refractivity contribution in [2.24, 2.45) is 0 Å². The van der Waals surface area contributed by atoms with Gasteiger partial charge in [0.1, 0.15) is 10.5 Å². The fourth-order valence-corrected chi connectivity index (χ4v) is 7.01. The molecule has 7 rings (SSSR count). The van der Waals surface area contributed by atoms with Crippen molar-refractivity contribution in [3.8, 4) is 11.3 Å². The fourth-order valence-electron chi connectivity index (χ4n) is 5.51. The van der Waals surface area contributed by atoms with Crippen molar-refractivity contribution in [3.63, 3.8) is 0 Å². The SMILES string of the molecule is CSc1nc2nc([C@H]3CCO[C@@H](c4cn[nH]c4C4CC4)C3)nc(-c3ccc(C(F)(F)F)cc3N3CCC3)c2s1. The number of hydrogen-bond donors (Lipinski definition) is 1. The van der Waals surface area contributed by atoms with Crippen LogP contribution in [0.15, 0.2) is 28.7 Å². The first-order valence-electron chi connectivity index (χ1n) is 13.2. The largest absolute Gasteiger partial charge is 0.416 e. The van der Waals surface area contributed by atoms with Gasteiger partial charge in [0.25, 0.3) is 0 Å². The lowest BCUT2D eigenvalue weighted by molar-refractivity contribution is -0.137. The van der Waals surface area contributed by atoms with E-state index in [1.54, 1.807) is 6.07 Å². The maximum atomic E-state index is 13.7. The number of nitrogens with one attached hydrogen (secondary N) is 1. The van der Waals surface area contributed by atoms with Gasteiger partial charge in [0, 0.05) is 54.0 Å². The molecule has 12 heteroatoms. The molecule has 2 aliphatic heterocycles. The summed E-state index contributed by atoms with van der Waals surface area (Å²) in [6.45, 7) is 2.03.